The van der Waals surface area contributed by atoms with Gasteiger partial charge in [-0.3, -0.25) is 4.79 Å². The number of aromatic nitrogens is 2. The lowest BCUT2D eigenvalue weighted by molar-refractivity contribution is 0.0951. The Bertz CT molecular complexity index is 898. The third-order valence-electron chi connectivity index (χ3n) is 5.30. The molecule has 0 bridgehead atoms. The van der Waals surface area contributed by atoms with Gasteiger partial charge in [-0.05, 0) is 75.3 Å². The molecule has 0 unspecified atom stereocenters. The molecule has 3 aromatic rings. The van der Waals surface area contributed by atoms with E-state index in [1.54, 1.807) is 11.8 Å². The minimum absolute atomic E-state index is 0.0144. The Morgan fingerprint density at radius 3 is 2.69 bits per heavy atom. The fourth-order valence-electron chi connectivity index (χ4n) is 3.71. The number of thioether (sulfide) groups is 1. The Morgan fingerprint density at radius 1 is 1.07 bits per heavy atom. The van der Waals surface area contributed by atoms with Gasteiger partial charge in [-0.25, -0.2) is 4.98 Å². The van der Waals surface area contributed by atoms with Crippen LogP contribution in [0.25, 0.3) is 5.65 Å². The third-order valence-corrected chi connectivity index (χ3v) is 6.35. The predicted octanol–water partition coefficient (Wildman–Crippen LogP) is 4.23. The molecule has 1 amide bonds. The van der Waals surface area contributed by atoms with E-state index in [4.69, 9.17) is 0 Å². The second-order valence-corrected chi connectivity index (χ2v) is 8.57. The van der Waals surface area contributed by atoms with Crippen molar-refractivity contribution in [3.63, 3.8) is 0 Å². The van der Waals surface area contributed by atoms with Crippen molar-refractivity contribution in [3.05, 3.63) is 66.1 Å². The largest absolute Gasteiger partial charge is 0.352 e. The zero-order chi connectivity index (χ0) is 19.9. The molecule has 1 fully saturated rings. The number of fused-ring (bicyclic) bond motifs is 1. The van der Waals surface area contributed by atoms with Gasteiger partial charge in [-0.15, -0.1) is 11.8 Å². The molecule has 1 saturated heterocycles. The molecule has 0 atom stereocenters. The number of likely N-dealkylation sites (tertiary alicyclic amines) is 1. The number of carbonyl (C=O) groups is 1. The highest BCUT2D eigenvalue weighted by Crippen LogP contribution is 2.23. The van der Waals surface area contributed by atoms with E-state index in [1.807, 2.05) is 53.1 Å². The van der Waals surface area contributed by atoms with Gasteiger partial charge in [0.1, 0.15) is 5.65 Å². The second kappa shape index (κ2) is 9.94. The molecule has 3 heterocycles. The zero-order valence-electron chi connectivity index (χ0n) is 16.7. The maximum atomic E-state index is 12.3. The van der Waals surface area contributed by atoms with E-state index in [-0.39, 0.29) is 5.91 Å². The number of amides is 1. The molecule has 152 valence electrons. The van der Waals surface area contributed by atoms with E-state index in [1.165, 1.54) is 32.4 Å². The average molecular weight is 409 g/mol. The normalized spacial score (nSPS) is 14.9. The Morgan fingerprint density at radius 2 is 1.90 bits per heavy atom. The van der Waals surface area contributed by atoms with E-state index in [9.17, 15) is 4.79 Å². The summed E-state index contributed by atoms with van der Waals surface area (Å²) >= 11 is 1.73. The molecule has 1 aliphatic rings. The number of pyridine rings is 1. The second-order valence-electron chi connectivity index (χ2n) is 7.52. The smallest absolute Gasteiger partial charge is 0.251 e. The number of hydrogen-bond donors (Lipinski definition) is 1. The van der Waals surface area contributed by atoms with Crippen molar-refractivity contribution in [2.24, 2.45) is 0 Å². The summed E-state index contributed by atoms with van der Waals surface area (Å²) in [6.45, 7) is 4.24. The molecule has 0 spiro atoms. The van der Waals surface area contributed by atoms with E-state index in [2.05, 4.69) is 21.4 Å². The maximum Gasteiger partial charge on any atom is 0.251 e. The number of carbonyl (C=O) groups excluding carboxylic acids is 1. The van der Waals surface area contributed by atoms with Crippen LogP contribution in [-0.4, -0.2) is 46.4 Å². The summed E-state index contributed by atoms with van der Waals surface area (Å²) in [5, 5.41) is 3.05. The van der Waals surface area contributed by atoms with Gasteiger partial charge >= 0.3 is 0 Å². The molecule has 5 nitrogen and oxygen atoms in total. The molecule has 4 rings (SSSR count). The number of hydrogen-bond acceptors (Lipinski definition) is 4. The number of nitrogens with one attached hydrogen (secondary N) is 1. The Kier molecular flexibility index (Phi) is 6.85. The summed E-state index contributed by atoms with van der Waals surface area (Å²) in [6.07, 6.45) is 9.07. The molecule has 1 aliphatic heterocycles. The van der Waals surface area contributed by atoms with Gasteiger partial charge in [0.05, 0.1) is 5.69 Å². The summed E-state index contributed by atoms with van der Waals surface area (Å²) in [7, 11) is 0. The summed E-state index contributed by atoms with van der Waals surface area (Å²) < 4.78 is 2.04. The highest BCUT2D eigenvalue weighted by molar-refractivity contribution is 7.98. The van der Waals surface area contributed by atoms with Crippen LogP contribution in [0.3, 0.4) is 0 Å². The van der Waals surface area contributed by atoms with Gasteiger partial charge in [0.2, 0.25) is 0 Å². The van der Waals surface area contributed by atoms with Crippen LogP contribution in [0.4, 0.5) is 0 Å². The lowest BCUT2D eigenvalue weighted by Crippen LogP contribution is -2.33. The molecular weight excluding hydrogens is 380 g/mol. The van der Waals surface area contributed by atoms with Gasteiger partial charge in [0, 0.05) is 35.2 Å². The molecule has 2 aromatic heterocycles. The SMILES string of the molecule is O=C(NCCCN1CCCCC1)c1ccc(SCc2cn3ccccc3n2)cc1. The van der Waals surface area contributed by atoms with Crippen LogP contribution in [0.1, 0.15) is 41.7 Å². The van der Waals surface area contributed by atoms with Crippen molar-refractivity contribution in [2.45, 2.75) is 36.3 Å². The predicted molar refractivity (Wildman–Crippen MR) is 118 cm³/mol. The van der Waals surface area contributed by atoms with Crippen molar-refractivity contribution in [3.8, 4) is 0 Å². The first-order valence-corrected chi connectivity index (χ1v) is 11.4. The van der Waals surface area contributed by atoms with Crippen LogP contribution in [0.5, 0.6) is 0 Å². The number of nitrogens with zero attached hydrogens (tertiary/aromatic N) is 3. The maximum absolute atomic E-state index is 12.3. The lowest BCUT2D eigenvalue weighted by Gasteiger charge is -2.26. The van der Waals surface area contributed by atoms with E-state index in [0.717, 1.165) is 47.1 Å². The molecule has 6 heteroatoms. The van der Waals surface area contributed by atoms with Crippen LogP contribution in [0.2, 0.25) is 0 Å². The number of piperidine rings is 1. The van der Waals surface area contributed by atoms with E-state index < -0.39 is 0 Å². The standard InChI is InChI=1S/C23H28N4OS/c28-23(24-12-6-15-26-13-3-1-4-14-26)19-8-10-21(11-9-19)29-18-20-17-27-16-5-2-7-22(27)25-20/h2,5,7-11,16-17H,1,3-4,6,12-15,18H2,(H,24,28). The number of benzene rings is 1. The first-order valence-electron chi connectivity index (χ1n) is 10.4. The Balaban J connectivity index is 1.21. The first kappa shape index (κ1) is 20.0. The molecule has 1 aromatic carbocycles. The highest BCUT2D eigenvalue weighted by atomic mass is 32.2. The zero-order valence-corrected chi connectivity index (χ0v) is 17.5. The Hall–Kier alpha value is -2.31. The van der Waals surface area contributed by atoms with Crippen molar-refractivity contribution < 1.29 is 4.79 Å². The molecule has 0 saturated carbocycles. The van der Waals surface area contributed by atoms with Gasteiger partial charge in [0.25, 0.3) is 5.91 Å². The van der Waals surface area contributed by atoms with Crippen molar-refractivity contribution in [2.75, 3.05) is 26.2 Å². The minimum Gasteiger partial charge on any atom is -0.352 e. The van der Waals surface area contributed by atoms with E-state index in [0.29, 0.717) is 0 Å². The fourth-order valence-corrected chi connectivity index (χ4v) is 4.49. The Labute approximate surface area is 176 Å². The highest BCUT2D eigenvalue weighted by Gasteiger charge is 2.10. The monoisotopic (exact) mass is 408 g/mol. The average Bonchev–Trinajstić information content (AvgIpc) is 3.19. The van der Waals surface area contributed by atoms with Crippen LogP contribution in [0.15, 0.2) is 59.8 Å². The van der Waals surface area contributed by atoms with Gasteiger partial charge in [-0.1, -0.05) is 12.5 Å². The molecule has 1 N–H and O–H groups in total. The topological polar surface area (TPSA) is 49.6 Å². The summed E-state index contributed by atoms with van der Waals surface area (Å²) in [5.41, 5.74) is 2.74. The summed E-state index contributed by atoms with van der Waals surface area (Å²) in [4.78, 5) is 20.6. The van der Waals surface area contributed by atoms with Gasteiger partial charge < -0.3 is 14.6 Å². The summed E-state index contributed by atoms with van der Waals surface area (Å²) in [6, 6.07) is 13.9. The quantitative estimate of drug-likeness (QED) is 0.448. The molecule has 0 radical (unpaired) electrons. The third kappa shape index (κ3) is 5.61. The number of imidazole rings is 1. The molecular formula is C23H28N4OS. The fraction of sp³-hybridized carbons (Fsp3) is 0.391. The molecule has 29 heavy (non-hydrogen) atoms. The number of rotatable bonds is 8. The molecule has 0 aliphatic carbocycles. The van der Waals surface area contributed by atoms with Crippen molar-refractivity contribution in [1.82, 2.24) is 19.6 Å². The first-order chi connectivity index (χ1) is 14.3. The minimum atomic E-state index is 0.0144. The van der Waals surface area contributed by atoms with Crippen molar-refractivity contribution >= 4 is 23.3 Å². The van der Waals surface area contributed by atoms with Crippen LogP contribution >= 0.6 is 11.8 Å². The van der Waals surface area contributed by atoms with E-state index >= 15 is 0 Å². The van der Waals surface area contributed by atoms with Crippen LogP contribution in [-0.2, 0) is 5.75 Å². The summed E-state index contributed by atoms with van der Waals surface area (Å²) in [5.74, 6) is 0.824. The van der Waals surface area contributed by atoms with Gasteiger partial charge in [-0.2, -0.15) is 0 Å². The van der Waals surface area contributed by atoms with Crippen LogP contribution in [0, 0.1) is 0 Å². The van der Waals surface area contributed by atoms with Crippen molar-refractivity contribution in [1.29, 1.82) is 0 Å². The van der Waals surface area contributed by atoms with Gasteiger partial charge in [0.15, 0.2) is 0 Å². The van der Waals surface area contributed by atoms with Crippen LogP contribution < -0.4 is 5.32 Å². The lowest BCUT2D eigenvalue weighted by atomic mass is 10.1.